The Bertz CT molecular complexity index is 476. The fourth-order valence-corrected chi connectivity index (χ4v) is 2.66. The van der Waals surface area contributed by atoms with Gasteiger partial charge >= 0.3 is 0 Å². The molecule has 0 spiro atoms. The molecule has 0 aliphatic rings. The fourth-order valence-electron chi connectivity index (χ4n) is 1.14. The van der Waals surface area contributed by atoms with Crippen molar-refractivity contribution in [3.05, 3.63) is 33.1 Å². The summed E-state index contributed by atoms with van der Waals surface area (Å²) in [6.45, 7) is 0. The average molecular weight is 231 g/mol. The van der Waals surface area contributed by atoms with E-state index in [2.05, 4.69) is 0 Å². The van der Waals surface area contributed by atoms with Crippen LogP contribution in [0.3, 0.4) is 0 Å². The summed E-state index contributed by atoms with van der Waals surface area (Å²) in [6, 6.07) is 5.37. The normalized spacial score (nSPS) is 10.6. The second kappa shape index (κ2) is 3.29. The Hall–Kier alpha value is -0.570. The maximum atomic E-state index is 10.6. The maximum absolute atomic E-state index is 10.6. The molecule has 0 amide bonds. The topological polar surface area (TPSA) is 17.1 Å². The molecule has 1 aromatic carbocycles. The van der Waals surface area contributed by atoms with Gasteiger partial charge in [-0.2, -0.15) is 0 Å². The van der Waals surface area contributed by atoms with Crippen molar-refractivity contribution in [3.63, 3.8) is 0 Å². The highest BCUT2D eigenvalue weighted by Gasteiger charge is 2.07. The molecule has 2 aromatic rings. The predicted octanol–water partition coefficient (Wildman–Crippen LogP) is 4.02. The van der Waals surface area contributed by atoms with Crippen LogP contribution in [0.15, 0.2) is 18.2 Å². The van der Waals surface area contributed by atoms with Crippen molar-refractivity contribution in [2.45, 2.75) is 0 Å². The Labute approximate surface area is 88.9 Å². The number of halogens is 2. The quantitative estimate of drug-likeness (QED) is 0.677. The monoisotopic (exact) mass is 230 g/mol. The van der Waals surface area contributed by atoms with Crippen LogP contribution >= 0.6 is 34.5 Å². The molecule has 0 unspecified atom stereocenters. The largest absolute Gasteiger partial charge is 0.298 e. The Balaban J connectivity index is 2.85. The molecular weight excluding hydrogens is 227 g/mol. The first-order chi connectivity index (χ1) is 6.22. The van der Waals surface area contributed by atoms with E-state index in [0.29, 0.717) is 14.9 Å². The Kier molecular flexibility index (Phi) is 2.28. The molecule has 1 heterocycles. The number of hydrogen-bond donors (Lipinski definition) is 0. The molecule has 0 atom stereocenters. The van der Waals surface area contributed by atoms with Crippen molar-refractivity contribution < 1.29 is 4.79 Å². The van der Waals surface area contributed by atoms with Crippen molar-refractivity contribution in [1.82, 2.24) is 0 Å². The number of benzene rings is 1. The fraction of sp³-hybridized carbons (Fsp3) is 0. The number of thiophene rings is 1. The third-order valence-corrected chi connectivity index (χ3v) is 3.57. The summed E-state index contributed by atoms with van der Waals surface area (Å²) in [5, 5.41) is 1.47. The van der Waals surface area contributed by atoms with Crippen molar-refractivity contribution in [3.8, 4) is 0 Å². The molecule has 0 radical (unpaired) electrons. The predicted molar refractivity (Wildman–Crippen MR) is 57.2 cm³/mol. The lowest BCUT2D eigenvalue weighted by atomic mass is 10.2. The number of rotatable bonds is 1. The van der Waals surface area contributed by atoms with Crippen LogP contribution < -0.4 is 0 Å². The van der Waals surface area contributed by atoms with Gasteiger partial charge in [-0.25, -0.2) is 0 Å². The zero-order valence-electron chi connectivity index (χ0n) is 6.38. The molecule has 1 nitrogen and oxygen atoms in total. The van der Waals surface area contributed by atoms with Gasteiger partial charge in [0, 0.05) is 5.56 Å². The number of aldehydes is 1. The van der Waals surface area contributed by atoms with Crippen molar-refractivity contribution in [1.29, 1.82) is 0 Å². The van der Waals surface area contributed by atoms with Gasteiger partial charge in [-0.05, 0) is 17.5 Å². The van der Waals surface area contributed by atoms with E-state index in [0.717, 1.165) is 16.4 Å². The summed E-state index contributed by atoms with van der Waals surface area (Å²) in [7, 11) is 0. The van der Waals surface area contributed by atoms with E-state index in [4.69, 9.17) is 23.2 Å². The van der Waals surface area contributed by atoms with Gasteiger partial charge in [-0.3, -0.25) is 4.79 Å². The molecule has 0 saturated heterocycles. The third-order valence-electron chi connectivity index (χ3n) is 1.75. The van der Waals surface area contributed by atoms with Gasteiger partial charge in [-0.1, -0.05) is 29.3 Å². The van der Waals surface area contributed by atoms with Crippen molar-refractivity contribution in [2.24, 2.45) is 0 Å². The van der Waals surface area contributed by atoms with E-state index >= 15 is 0 Å². The first kappa shape index (κ1) is 9.00. The van der Waals surface area contributed by atoms with E-state index in [1.807, 2.05) is 12.1 Å². The summed E-state index contributed by atoms with van der Waals surface area (Å²) >= 11 is 13.2. The van der Waals surface area contributed by atoms with Gasteiger partial charge in [-0.15, -0.1) is 11.3 Å². The molecule has 0 aliphatic heterocycles. The minimum atomic E-state index is 0.490. The first-order valence-electron chi connectivity index (χ1n) is 3.55. The van der Waals surface area contributed by atoms with E-state index in [-0.39, 0.29) is 0 Å². The average Bonchev–Trinajstić information content (AvgIpc) is 2.47. The zero-order chi connectivity index (χ0) is 9.42. The Morgan fingerprint density at radius 1 is 1.31 bits per heavy atom. The number of hydrogen-bond acceptors (Lipinski definition) is 2. The first-order valence-corrected chi connectivity index (χ1v) is 5.12. The number of carbonyl (C=O) groups is 1. The van der Waals surface area contributed by atoms with Crippen LogP contribution in [0.5, 0.6) is 0 Å². The van der Waals surface area contributed by atoms with Crippen LogP contribution in [0.4, 0.5) is 0 Å². The van der Waals surface area contributed by atoms with Crippen LogP contribution in [0.25, 0.3) is 10.1 Å². The van der Waals surface area contributed by atoms with Crippen LogP contribution in [0, 0.1) is 0 Å². The van der Waals surface area contributed by atoms with Gasteiger partial charge in [0.2, 0.25) is 0 Å². The number of fused-ring (bicyclic) bond motifs is 1. The van der Waals surface area contributed by atoms with Gasteiger partial charge in [0.15, 0.2) is 6.29 Å². The molecule has 0 bridgehead atoms. The lowest BCUT2D eigenvalue weighted by molar-refractivity contribution is 0.112. The summed E-state index contributed by atoms with van der Waals surface area (Å²) in [5.74, 6) is 0. The maximum Gasteiger partial charge on any atom is 0.151 e. The lowest BCUT2D eigenvalue weighted by Gasteiger charge is -1.95. The summed E-state index contributed by atoms with van der Waals surface area (Å²) in [6.07, 6.45) is 0.745. The standard InChI is InChI=1S/C9H4Cl2OS/c10-7-3-5-1-2-6(4-12)8(11)9(5)13-7/h1-4H. The van der Waals surface area contributed by atoms with E-state index in [1.165, 1.54) is 11.3 Å². The van der Waals surface area contributed by atoms with Crippen molar-refractivity contribution >= 4 is 50.9 Å². The minimum Gasteiger partial charge on any atom is -0.298 e. The molecule has 0 saturated carbocycles. The SMILES string of the molecule is O=Cc1ccc2cc(Cl)sc2c1Cl. The van der Waals surface area contributed by atoms with Crippen LogP contribution in [-0.2, 0) is 0 Å². The summed E-state index contributed by atoms with van der Waals surface area (Å²) in [5.41, 5.74) is 0.507. The molecule has 0 fully saturated rings. The van der Waals surface area contributed by atoms with Gasteiger partial charge in [0.05, 0.1) is 14.1 Å². The van der Waals surface area contributed by atoms with Gasteiger partial charge in [0.1, 0.15) is 0 Å². The smallest absolute Gasteiger partial charge is 0.151 e. The second-order valence-corrected chi connectivity index (χ2v) is 4.62. The van der Waals surface area contributed by atoms with Gasteiger partial charge in [0.25, 0.3) is 0 Å². The molecule has 4 heteroatoms. The summed E-state index contributed by atoms with van der Waals surface area (Å²) < 4.78 is 1.55. The molecule has 66 valence electrons. The summed E-state index contributed by atoms with van der Waals surface area (Å²) in [4.78, 5) is 10.6. The minimum absolute atomic E-state index is 0.490. The lowest BCUT2D eigenvalue weighted by Crippen LogP contribution is -1.79. The number of carbonyl (C=O) groups excluding carboxylic acids is 1. The zero-order valence-corrected chi connectivity index (χ0v) is 8.71. The molecular formula is C9H4Cl2OS. The van der Waals surface area contributed by atoms with E-state index < -0.39 is 0 Å². The second-order valence-electron chi connectivity index (χ2n) is 2.56. The molecule has 13 heavy (non-hydrogen) atoms. The van der Waals surface area contributed by atoms with Crippen LogP contribution in [-0.4, -0.2) is 6.29 Å². The molecule has 0 N–H and O–H groups in total. The Morgan fingerprint density at radius 3 is 2.77 bits per heavy atom. The molecule has 2 rings (SSSR count). The highest BCUT2D eigenvalue weighted by atomic mass is 35.5. The van der Waals surface area contributed by atoms with Gasteiger partial charge < -0.3 is 0 Å². The highest BCUT2D eigenvalue weighted by Crippen LogP contribution is 2.35. The highest BCUT2D eigenvalue weighted by molar-refractivity contribution is 7.23. The molecule has 1 aromatic heterocycles. The van der Waals surface area contributed by atoms with Crippen molar-refractivity contribution in [2.75, 3.05) is 0 Å². The van der Waals surface area contributed by atoms with Crippen LogP contribution in [0.1, 0.15) is 10.4 Å². The third kappa shape index (κ3) is 1.46. The van der Waals surface area contributed by atoms with E-state index in [9.17, 15) is 4.79 Å². The van der Waals surface area contributed by atoms with E-state index in [1.54, 1.807) is 6.07 Å². The Morgan fingerprint density at radius 2 is 2.08 bits per heavy atom. The molecule has 0 aliphatic carbocycles. The van der Waals surface area contributed by atoms with Crippen LogP contribution in [0.2, 0.25) is 9.36 Å².